The second-order valence-corrected chi connectivity index (χ2v) is 10.6. The zero-order chi connectivity index (χ0) is 25.7. The third-order valence-electron chi connectivity index (χ3n) is 6.49. The molecule has 5 amide bonds. The summed E-state index contributed by atoms with van der Waals surface area (Å²) >= 11 is 1.86. The number of benzene rings is 1. The number of primary amides is 1. The molecule has 0 aliphatic carbocycles. The summed E-state index contributed by atoms with van der Waals surface area (Å²) in [5.41, 5.74) is 5.84. The van der Waals surface area contributed by atoms with Crippen molar-refractivity contribution in [1.29, 1.82) is 0 Å². The number of nitrogens with two attached hydrogens (primary N) is 1. The molecule has 3 aliphatic heterocycles. The van der Waals surface area contributed by atoms with Crippen LogP contribution in [0.25, 0.3) is 0 Å². The first-order chi connectivity index (χ1) is 17.2. The van der Waals surface area contributed by atoms with Crippen LogP contribution in [0.3, 0.4) is 0 Å². The molecular weight excluding hydrogens is 512 g/mol. The van der Waals surface area contributed by atoms with Gasteiger partial charge in [0.25, 0.3) is 5.91 Å². The minimum Gasteiger partial charge on any atom is -0.504 e. The first kappa shape index (κ1) is 24.3. The molecule has 3 aliphatic rings. The summed E-state index contributed by atoms with van der Waals surface area (Å²) in [6, 6.07) is 3.30. The number of thioether (sulfide) groups is 1. The van der Waals surface area contributed by atoms with Gasteiger partial charge in [-0.1, -0.05) is 29.2 Å². The van der Waals surface area contributed by atoms with E-state index in [0.717, 1.165) is 23.1 Å². The number of imide groups is 3. The molecule has 2 saturated heterocycles. The van der Waals surface area contributed by atoms with Crippen LogP contribution in [0.4, 0.5) is 4.79 Å². The number of morpholine rings is 1. The third-order valence-corrected chi connectivity index (χ3v) is 9.09. The summed E-state index contributed by atoms with van der Waals surface area (Å²) in [7, 11) is 1.37. The molecule has 4 heterocycles. The van der Waals surface area contributed by atoms with Gasteiger partial charge in [-0.05, 0) is 17.7 Å². The Balaban J connectivity index is 1.62. The molecule has 12 nitrogen and oxygen atoms in total. The third kappa shape index (κ3) is 3.85. The first-order valence-corrected chi connectivity index (χ1v) is 12.7. The van der Waals surface area contributed by atoms with E-state index in [9.17, 15) is 29.1 Å². The maximum Gasteiger partial charge on any atom is 0.328 e. The van der Waals surface area contributed by atoms with E-state index in [0.29, 0.717) is 46.7 Å². The van der Waals surface area contributed by atoms with Crippen molar-refractivity contribution in [1.82, 2.24) is 14.4 Å². The second kappa shape index (κ2) is 9.26. The molecule has 3 unspecified atom stereocenters. The van der Waals surface area contributed by atoms with E-state index in [4.69, 9.17) is 15.2 Å². The van der Waals surface area contributed by atoms with Gasteiger partial charge in [-0.2, -0.15) is 4.90 Å². The first-order valence-electron chi connectivity index (χ1n) is 11.0. The number of hydrogen-bond donors (Lipinski definition) is 2. The van der Waals surface area contributed by atoms with Gasteiger partial charge in [0.1, 0.15) is 11.8 Å². The number of carbonyl (C=O) groups is 4. The van der Waals surface area contributed by atoms with Crippen molar-refractivity contribution in [2.75, 3.05) is 33.4 Å². The van der Waals surface area contributed by atoms with Crippen molar-refractivity contribution in [3.05, 3.63) is 38.3 Å². The molecule has 3 N–H and O–H groups in total. The summed E-state index contributed by atoms with van der Waals surface area (Å²) in [6.07, 6.45) is 0. The van der Waals surface area contributed by atoms with E-state index in [2.05, 4.69) is 0 Å². The standard InChI is InChI=1S/C22H22N4O8S2/c1-33-12-8-10(2-3-11(12)27)14-15-16(19(30)26(18(15)29)21(23)31)35-20-17(14)36-22(32)25(20)9-13(28)24-4-6-34-7-5-24/h2-3,8,14-16,27H,4-7,9H2,1H3,(H2,23,31). The van der Waals surface area contributed by atoms with Crippen molar-refractivity contribution in [2.24, 2.45) is 11.7 Å². The van der Waals surface area contributed by atoms with Gasteiger partial charge in [0.15, 0.2) is 11.5 Å². The number of thiazole rings is 1. The Morgan fingerprint density at radius 1 is 1.19 bits per heavy atom. The van der Waals surface area contributed by atoms with Gasteiger partial charge in [-0.25, -0.2) is 4.79 Å². The van der Waals surface area contributed by atoms with Gasteiger partial charge in [0, 0.05) is 23.9 Å². The smallest absolute Gasteiger partial charge is 0.328 e. The van der Waals surface area contributed by atoms with Gasteiger partial charge in [0.05, 0.1) is 31.3 Å². The van der Waals surface area contributed by atoms with Gasteiger partial charge < -0.3 is 25.2 Å². The zero-order valence-electron chi connectivity index (χ0n) is 19.0. The number of nitrogens with zero attached hydrogens (tertiary/aromatic N) is 3. The summed E-state index contributed by atoms with van der Waals surface area (Å²) in [5.74, 6) is -3.60. The van der Waals surface area contributed by atoms with Crippen molar-refractivity contribution < 1.29 is 33.8 Å². The van der Waals surface area contributed by atoms with E-state index < -0.39 is 39.8 Å². The normalized spacial score (nSPS) is 23.4. The topological polar surface area (TPSA) is 161 Å². The molecule has 5 rings (SSSR count). The molecule has 190 valence electrons. The number of aromatic nitrogens is 1. The van der Waals surface area contributed by atoms with Crippen LogP contribution >= 0.6 is 23.1 Å². The lowest BCUT2D eigenvalue weighted by Gasteiger charge is -2.31. The van der Waals surface area contributed by atoms with Crippen LogP contribution in [-0.4, -0.2) is 81.9 Å². The number of methoxy groups -OCH3 is 1. The van der Waals surface area contributed by atoms with Crippen LogP contribution < -0.4 is 15.3 Å². The van der Waals surface area contributed by atoms with Crippen LogP contribution in [-0.2, 0) is 25.7 Å². The van der Waals surface area contributed by atoms with E-state index in [1.54, 1.807) is 11.0 Å². The highest BCUT2D eigenvalue weighted by atomic mass is 32.2. The zero-order valence-corrected chi connectivity index (χ0v) is 20.7. The van der Waals surface area contributed by atoms with Crippen LogP contribution in [0.1, 0.15) is 16.4 Å². The van der Waals surface area contributed by atoms with Crippen molar-refractivity contribution >= 4 is 46.9 Å². The van der Waals surface area contributed by atoms with Crippen LogP contribution in [0.2, 0.25) is 0 Å². The van der Waals surface area contributed by atoms with E-state index in [1.807, 2.05) is 0 Å². The van der Waals surface area contributed by atoms with E-state index >= 15 is 0 Å². The van der Waals surface area contributed by atoms with Gasteiger partial charge in [-0.3, -0.25) is 23.7 Å². The Kier molecular flexibility index (Phi) is 6.26. The fourth-order valence-electron chi connectivity index (χ4n) is 4.77. The van der Waals surface area contributed by atoms with Gasteiger partial charge >= 0.3 is 10.9 Å². The number of phenolic OH excluding ortho intramolecular Hbond substituents is 1. The molecule has 0 spiro atoms. The highest BCUT2D eigenvalue weighted by Gasteiger charge is 2.58. The lowest BCUT2D eigenvalue weighted by Crippen LogP contribution is -2.43. The quantitative estimate of drug-likeness (QED) is 0.520. The van der Waals surface area contributed by atoms with Crippen LogP contribution in [0.15, 0.2) is 28.0 Å². The number of likely N-dealkylation sites (tertiary alicyclic amines) is 1. The number of rotatable bonds is 4. The number of phenols is 1. The molecule has 36 heavy (non-hydrogen) atoms. The highest BCUT2D eigenvalue weighted by Crippen LogP contribution is 2.53. The number of amides is 5. The average molecular weight is 535 g/mol. The molecule has 0 saturated carbocycles. The van der Waals surface area contributed by atoms with Crippen LogP contribution in [0.5, 0.6) is 11.5 Å². The van der Waals surface area contributed by atoms with E-state index in [-0.39, 0.29) is 24.0 Å². The fraction of sp³-hybridized carbons (Fsp3) is 0.409. The lowest BCUT2D eigenvalue weighted by molar-refractivity contribution is -0.137. The Labute approximate surface area is 212 Å². The monoisotopic (exact) mass is 534 g/mol. The number of aromatic hydroxyl groups is 1. The largest absolute Gasteiger partial charge is 0.504 e. The average Bonchev–Trinajstić information content (AvgIpc) is 3.31. The molecule has 2 fully saturated rings. The van der Waals surface area contributed by atoms with Gasteiger partial charge in [0.2, 0.25) is 11.8 Å². The predicted molar refractivity (Wildman–Crippen MR) is 127 cm³/mol. The summed E-state index contributed by atoms with van der Waals surface area (Å²) in [4.78, 5) is 66.4. The summed E-state index contributed by atoms with van der Waals surface area (Å²) in [6.45, 7) is 1.40. The predicted octanol–water partition coefficient (Wildman–Crippen LogP) is 0.153. The highest BCUT2D eigenvalue weighted by molar-refractivity contribution is 8.00. The minimum absolute atomic E-state index is 0.127. The van der Waals surface area contributed by atoms with Crippen molar-refractivity contribution in [3.8, 4) is 11.5 Å². The van der Waals surface area contributed by atoms with E-state index in [1.165, 1.54) is 23.8 Å². The second-order valence-electron chi connectivity index (χ2n) is 8.44. The molecule has 1 aromatic heterocycles. The Morgan fingerprint density at radius 2 is 1.92 bits per heavy atom. The molecule has 2 aromatic rings. The maximum atomic E-state index is 13.2. The fourth-order valence-corrected chi connectivity index (χ4v) is 7.54. The number of fused-ring (bicyclic) bond motifs is 2. The molecule has 0 radical (unpaired) electrons. The Hall–Kier alpha value is -3.36. The minimum atomic E-state index is -1.18. The maximum absolute atomic E-state index is 13.2. The summed E-state index contributed by atoms with van der Waals surface area (Å²) in [5, 5.41) is 9.43. The Bertz CT molecular complexity index is 1330. The number of urea groups is 1. The SMILES string of the molecule is COc1cc(C2c3sc(=O)n(CC(=O)N4CCOCC4)c3SC3C(=O)N(C(N)=O)C(=O)C32)ccc1O. The Morgan fingerprint density at radius 3 is 2.58 bits per heavy atom. The number of carbonyl (C=O) groups excluding carboxylic acids is 4. The lowest BCUT2D eigenvalue weighted by atomic mass is 9.83. The van der Waals surface area contributed by atoms with Crippen LogP contribution in [0, 0.1) is 5.92 Å². The number of hydrogen-bond acceptors (Lipinski definition) is 10. The molecule has 1 aromatic carbocycles. The molecule has 3 atom stereocenters. The summed E-state index contributed by atoms with van der Waals surface area (Å²) < 4.78 is 11.8. The molecular formula is C22H22N4O8S2. The molecule has 14 heteroatoms. The molecule has 0 bridgehead atoms. The van der Waals surface area contributed by atoms with Crippen molar-refractivity contribution in [2.45, 2.75) is 22.7 Å². The number of ether oxygens (including phenoxy) is 2. The van der Waals surface area contributed by atoms with Gasteiger partial charge in [-0.15, -0.1) is 0 Å². The van der Waals surface area contributed by atoms with Crippen molar-refractivity contribution in [3.63, 3.8) is 0 Å².